The molecular weight excluding hydrogens is 439 g/mol. The van der Waals surface area contributed by atoms with E-state index in [0.717, 1.165) is 26.6 Å². The smallest absolute Gasteiger partial charge is 0.359 e. The van der Waals surface area contributed by atoms with Gasteiger partial charge in [0.25, 0.3) is 0 Å². The maximum absolute atomic E-state index is 14.0. The SMILES string of the molecule is CCOP(=O)(OCC)C1=C(SCC)S[C@H](OC(C)(C)C)C[C@H]1c1ccc(OC)cc1. The molecule has 0 saturated carbocycles. The summed E-state index contributed by atoms with van der Waals surface area (Å²) in [5.74, 6) is 1.53. The average molecular weight is 475 g/mol. The van der Waals surface area contributed by atoms with Gasteiger partial charge in [0.05, 0.1) is 35.5 Å². The van der Waals surface area contributed by atoms with E-state index in [9.17, 15) is 4.57 Å². The number of rotatable bonds is 10. The molecule has 0 amide bonds. The molecule has 0 radical (unpaired) electrons. The standard InChI is InChI=1S/C22H35O5PS2/c1-8-25-28(23,26-9-2)20-18(16-11-13-17(24-7)14-12-16)15-19(27-22(4,5)6)30-21(20)29-10-3/h11-14,18-19H,8-10,15H2,1-7H3/t18-,19-/m0/s1. The van der Waals surface area contributed by atoms with Crippen molar-refractivity contribution in [3.63, 3.8) is 0 Å². The van der Waals surface area contributed by atoms with E-state index in [1.54, 1.807) is 30.6 Å². The second kappa shape index (κ2) is 11.4. The summed E-state index contributed by atoms with van der Waals surface area (Å²) in [6.07, 6.45) is 0.696. The highest BCUT2D eigenvalue weighted by Gasteiger charge is 2.44. The van der Waals surface area contributed by atoms with Gasteiger partial charge in [-0.2, -0.15) is 0 Å². The first-order valence-electron chi connectivity index (χ1n) is 10.4. The molecule has 5 nitrogen and oxygen atoms in total. The Morgan fingerprint density at radius 3 is 2.17 bits per heavy atom. The van der Waals surface area contributed by atoms with Gasteiger partial charge >= 0.3 is 7.60 Å². The van der Waals surface area contributed by atoms with Crippen molar-refractivity contribution < 1.29 is 23.1 Å². The van der Waals surface area contributed by atoms with E-state index < -0.39 is 7.60 Å². The lowest BCUT2D eigenvalue weighted by atomic mass is 9.95. The van der Waals surface area contributed by atoms with Crippen molar-refractivity contribution in [2.75, 3.05) is 26.1 Å². The Bertz CT molecular complexity index is 748. The summed E-state index contributed by atoms with van der Waals surface area (Å²) in [5, 5.41) is 0.766. The topological polar surface area (TPSA) is 54.0 Å². The van der Waals surface area contributed by atoms with Crippen molar-refractivity contribution in [3.05, 3.63) is 39.4 Å². The molecule has 0 fully saturated rings. The van der Waals surface area contributed by atoms with E-state index in [2.05, 4.69) is 27.7 Å². The lowest BCUT2D eigenvalue weighted by Gasteiger charge is -2.38. The summed E-state index contributed by atoms with van der Waals surface area (Å²) in [4.78, 5) is 0. The molecule has 1 aromatic carbocycles. The van der Waals surface area contributed by atoms with Crippen molar-refractivity contribution in [1.82, 2.24) is 0 Å². The fourth-order valence-electron chi connectivity index (χ4n) is 3.33. The van der Waals surface area contributed by atoms with Gasteiger partial charge in [-0.25, -0.2) is 0 Å². The molecule has 1 heterocycles. The maximum atomic E-state index is 14.0. The Morgan fingerprint density at radius 2 is 1.70 bits per heavy atom. The molecule has 1 aliphatic rings. The van der Waals surface area contributed by atoms with Gasteiger partial charge in [-0.15, -0.1) is 11.8 Å². The van der Waals surface area contributed by atoms with Crippen LogP contribution >= 0.6 is 31.1 Å². The van der Waals surface area contributed by atoms with Crippen LogP contribution in [0, 0.1) is 0 Å². The quantitative estimate of drug-likeness (QED) is 0.331. The van der Waals surface area contributed by atoms with Gasteiger partial charge in [0, 0.05) is 5.92 Å². The molecule has 2 atom stereocenters. The van der Waals surface area contributed by atoms with E-state index in [1.165, 1.54) is 0 Å². The van der Waals surface area contributed by atoms with Crippen LogP contribution in [0.15, 0.2) is 33.8 Å². The van der Waals surface area contributed by atoms with Crippen LogP contribution in [0.1, 0.15) is 59.4 Å². The molecule has 1 aromatic rings. The summed E-state index contributed by atoms with van der Waals surface area (Å²) in [6.45, 7) is 12.6. The van der Waals surface area contributed by atoms with Crippen LogP contribution in [0.3, 0.4) is 0 Å². The van der Waals surface area contributed by atoms with E-state index >= 15 is 0 Å². The first kappa shape index (κ1) is 25.8. The van der Waals surface area contributed by atoms with Crippen molar-refractivity contribution in [1.29, 1.82) is 0 Å². The molecule has 0 spiro atoms. The van der Waals surface area contributed by atoms with Crippen molar-refractivity contribution in [2.24, 2.45) is 0 Å². The highest BCUT2D eigenvalue weighted by molar-refractivity contribution is 8.22. The fraction of sp³-hybridized carbons (Fsp3) is 0.636. The molecule has 0 saturated heterocycles. The summed E-state index contributed by atoms with van der Waals surface area (Å²) >= 11 is 3.32. The minimum absolute atomic E-state index is 0.0494. The van der Waals surface area contributed by atoms with E-state index in [4.69, 9.17) is 18.5 Å². The summed E-state index contributed by atoms with van der Waals surface area (Å²) in [5.41, 5.74) is 0.736. The van der Waals surface area contributed by atoms with Crippen LogP contribution in [-0.4, -0.2) is 37.1 Å². The Kier molecular flexibility index (Phi) is 9.85. The largest absolute Gasteiger partial charge is 0.497 e. The second-order valence-electron chi connectivity index (χ2n) is 7.78. The highest BCUT2D eigenvalue weighted by Crippen LogP contribution is 2.67. The summed E-state index contributed by atoms with van der Waals surface area (Å²) in [6, 6.07) is 7.94. The Balaban J connectivity index is 2.61. The number of thioether (sulfide) groups is 2. The van der Waals surface area contributed by atoms with Gasteiger partial charge in [-0.05, 0) is 64.5 Å². The molecule has 2 rings (SSSR count). The zero-order chi connectivity index (χ0) is 22.4. The number of methoxy groups -OCH3 is 1. The van der Waals surface area contributed by atoms with Gasteiger partial charge in [0.2, 0.25) is 0 Å². The minimum atomic E-state index is -3.45. The zero-order valence-corrected chi connectivity index (χ0v) is 21.6. The van der Waals surface area contributed by atoms with Gasteiger partial charge < -0.3 is 18.5 Å². The number of hydrogen-bond acceptors (Lipinski definition) is 7. The highest BCUT2D eigenvalue weighted by atomic mass is 32.2. The van der Waals surface area contributed by atoms with Gasteiger partial charge in [-0.1, -0.05) is 30.8 Å². The van der Waals surface area contributed by atoms with Gasteiger partial charge in [0.1, 0.15) is 11.2 Å². The molecule has 1 aliphatic heterocycles. The molecule has 170 valence electrons. The van der Waals surface area contributed by atoms with Crippen molar-refractivity contribution >= 4 is 31.1 Å². The number of allylic oxidation sites excluding steroid dienone is 1. The molecule has 8 heteroatoms. The lowest BCUT2D eigenvalue weighted by Crippen LogP contribution is -2.29. The normalized spacial score (nSPS) is 20.5. The zero-order valence-electron chi connectivity index (χ0n) is 19.1. The second-order valence-corrected chi connectivity index (χ2v) is 12.5. The van der Waals surface area contributed by atoms with Crippen LogP contribution in [0.5, 0.6) is 5.75 Å². The molecule has 0 unspecified atom stereocenters. The monoisotopic (exact) mass is 474 g/mol. The Morgan fingerprint density at radius 1 is 1.10 bits per heavy atom. The maximum Gasteiger partial charge on any atom is 0.359 e. The molecule has 0 aliphatic carbocycles. The van der Waals surface area contributed by atoms with Gasteiger partial charge in [0.15, 0.2) is 0 Å². The molecule has 0 N–H and O–H groups in total. The molecular formula is C22H35O5PS2. The van der Waals surface area contributed by atoms with Crippen LogP contribution < -0.4 is 4.74 Å². The third-order valence-corrected chi connectivity index (χ3v) is 9.40. The Hall–Kier alpha value is -0.430. The lowest BCUT2D eigenvalue weighted by molar-refractivity contribution is -0.0233. The van der Waals surface area contributed by atoms with Crippen LogP contribution in [0.4, 0.5) is 0 Å². The molecule has 0 aromatic heterocycles. The summed E-state index contributed by atoms with van der Waals surface area (Å²) in [7, 11) is -1.80. The van der Waals surface area contributed by atoms with E-state index in [-0.39, 0.29) is 17.0 Å². The van der Waals surface area contributed by atoms with Crippen molar-refractivity contribution in [3.8, 4) is 5.75 Å². The fourth-order valence-corrected chi connectivity index (χ4v) is 8.87. The number of hydrogen-bond donors (Lipinski definition) is 0. The average Bonchev–Trinajstić information content (AvgIpc) is 2.67. The number of benzene rings is 1. The van der Waals surface area contributed by atoms with Crippen LogP contribution in [0.25, 0.3) is 0 Å². The van der Waals surface area contributed by atoms with Gasteiger partial charge in [-0.3, -0.25) is 4.57 Å². The minimum Gasteiger partial charge on any atom is -0.497 e. The van der Waals surface area contributed by atoms with E-state index in [0.29, 0.717) is 19.6 Å². The molecule has 0 bridgehead atoms. The van der Waals surface area contributed by atoms with Crippen LogP contribution in [0.2, 0.25) is 0 Å². The van der Waals surface area contributed by atoms with Crippen LogP contribution in [-0.2, 0) is 18.3 Å². The number of ether oxygens (including phenoxy) is 2. The third-order valence-electron chi connectivity index (χ3n) is 4.38. The third kappa shape index (κ3) is 6.78. The molecule has 30 heavy (non-hydrogen) atoms. The Labute approximate surface area is 190 Å². The predicted molar refractivity (Wildman–Crippen MR) is 129 cm³/mol. The van der Waals surface area contributed by atoms with E-state index in [1.807, 2.05) is 38.1 Å². The predicted octanol–water partition coefficient (Wildman–Crippen LogP) is 7.25. The van der Waals surface area contributed by atoms with Crippen molar-refractivity contribution in [2.45, 2.75) is 64.9 Å². The summed E-state index contributed by atoms with van der Waals surface area (Å²) < 4.78 is 38.2. The first-order chi connectivity index (χ1) is 14.2. The first-order valence-corrected chi connectivity index (χ1v) is 13.8.